The minimum absolute atomic E-state index is 0.0727. The molecular formula is C26H31N5O2. The first-order valence-corrected chi connectivity index (χ1v) is 11.7. The van der Waals surface area contributed by atoms with Crippen LogP contribution in [0.25, 0.3) is 22.4 Å². The van der Waals surface area contributed by atoms with E-state index in [0.717, 1.165) is 35.5 Å². The van der Waals surface area contributed by atoms with Crippen LogP contribution in [0.5, 0.6) is 5.75 Å². The second kappa shape index (κ2) is 8.63. The number of nitrogens with one attached hydrogen (secondary N) is 1. The molecule has 0 spiro atoms. The Balaban J connectivity index is 1.35. The number of phenols is 1. The average molecular weight is 446 g/mol. The van der Waals surface area contributed by atoms with E-state index in [1.54, 1.807) is 23.7 Å². The van der Waals surface area contributed by atoms with Crippen LogP contribution in [0.3, 0.4) is 0 Å². The van der Waals surface area contributed by atoms with Gasteiger partial charge in [-0.2, -0.15) is 0 Å². The van der Waals surface area contributed by atoms with Gasteiger partial charge in [0.15, 0.2) is 5.82 Å². The van der Waals surface area contributed by atoms with Crippen molar-refractivity contribution in [1.82, 2.24) is 20.1 Å². The summed E-state index contributed by atoms with van der Waals surface area (Å²) in [6, 6.07) is 14.5. The number of phenolic OH excluding ortho intramolecular Hbond substituents is 1. The van der Waals surface area contributed by atoms with E-state index < -0.39 is 0 Å². The molecule has 33 heavy (non-hydrogen) atoms. The van der Waals surface area contributed by atoms with Gasteiger partial charge in [-0.15, -0.1) is 10.2 Å². The Morgan fingerprint density at radius 3 is 2.42 bits per heavy atom. The van der Waals surface area contributed by atoms with Gasteiger partial charge in [0.1, 0.15) is 5.75 Å². The number of aryl methyl sites for hydroxylation is 1. The molecule has 0 unspecified atom stereocenters. The minimum atomic E-state index is -0.0727. The summed E-state index contributed by atoms with van der Waals surface area (Å²) in [4.78, 5) is 14.4. The summed E-state index contributed by atoms with van der Waals surface area (Å²) in [5.41, 5.74) is 3.61. The quantitative estimate of drug-likeness (QED) is 0.638. The molecule has 1 aromatic carbocycles. The number of fused-ring (bicyclic) bond motifs is 2. The zero-order valence-electron chi connectivity index (χ0n) is 19.5. The number of benzene rings is 1. The number of aromatic hydroxyl groups is 1. The van der Waals surface area contributed by atoms with E-state index in [1.165, 1.54) is 19.3 Å². The Kier molecular flexibility index (Phi) is 5.66. The lowest BCUT2D eigenvalue weighted by Crippen LogP contribution is -2.54. The van der Waals surface area contributed by atoms with Crippen molar-refractivity contribution in [3.63, 3.8) is 0 Å². The molecule has 3 aromatic rings. The van der Waals surface area contributed by atoms with Crippen LogP contribution in [0, 0.1) is 6.92 Å². The lowest BCUT2D eigenvalue weighted by atomic mass is 9.83. The van der Waals surface area contributed by atoms with Crippen molar-refractivity contribution < 1.29 is 5.11 Å². The Hall–Kier alpha value is -3.19. The van der Waals surface area contributed by atoms with Crippen LogP contribution >= 0.6 is 0 Å². The third-order valence-corrected chi connectivity index (χ3v) is 7.36. The standard InChI is InChI=1S/C26H31N5O2/c1-16-11-18(13-26(33)30(16)2)17-7-8-22(24(32)12-17)23-9-10-25(29-28-23)31(3)21-14-19-5-4-6-20(15-21)27-19/h7-13,19-21,27,32H,4-6,14-15H2,1-3H3/t19-,20-/m0/s1. The molecule has 2 aromatic heterocycles. The largest absolute Gasteiger partial charge is 0.507 e. The van der Waals surface area contributed by atoms with Gasteiger partial charge in [-0.3, -0.25) is 4.79 Å². The Morgan fingerprint density at radius 2 is 1.79 bits per heavy atom. The molecule has 2 bridgehead atoms. The van der Waals surface area contributed by atoms with E-state index in [-0.39, 0.29) is 11.3 Å². The first-order valence-electron chi connectivity index (χ1n) is 11.7. The smallest absolute Gasteiger partial charge is 0.251 e. The summed E-state index contributed by atoms with van der Waals surface area (Å²) < 4.78 is 1.60. The van der Waals surface area contributed by atoms with Gasteiger partial charge in [0.25, 0.3) is 5.56 Å². The lowest BCUT2D eigenvalue weighted by Gasteiger charge is -2.43. The maximum atomic E-state index is 12.1. The summed E-state index contributed by atoms with van der Waals surface area (Å²) in [5.74, 6) is 0.975. The first kappa shape index (κ1) is 21.6. The molecule has 0 amide bonds. The molecule has 4 heterocycles. The second-order valence-corrected chi connectivity index (χ2v) is 9.52. The van der Waals surface area contributed by atoms with Gasteiger partial charge in [0.2, 0.25) is 0 Å². The van der Waals surface area contributed by atoms with Gasteiger partial charge in [-0.1, -0.05) is 12.5 Å². The number of hydrogen-bond acceptors (Lipinski definition) is 6. The van der Waals surface area contributed by atoms with E-state index >= 15 is 0 Å². The summed E-state index contributed by atoms with van der Waals surface area (Å²) in [7, 11) is 3.85. The van der Waals surface area contributed by atoms with Crippen molar-refractivity contribution >= 4 is 5.82 Å². The van der Waals surface area contributed by atoms with Crippen molar-refractivity contribution in [3.8, 4) is 28.1 Å². The summed E-state index contributed by atoms with van der Waals surface area (Å²) in [6.45, 7) is 1.89. The van der Waals surface area contributed by atoms with E-state index in [1.807, 2.05) is 37.3 Å². The maximum absolute atomic E-state index is 12.1. The summed E-state index contributed by atoms with van der Waals surface area (Å²) in [5, 5.41) is 23.3. The topological polar surface area (TPSA) is 83.3 Å². The molecule has 2 atom stereocenters. The van der Waals surface area contributed by atoms with Crippen LogP contribution < -0.4 is 15.8 Å². The van der Waals surface area contributed by atoms with Crippen LogP contribution in [-0.2, 0) is 7.05 Å². The molecule has 2 N–H and O–H groups in total. The highest BCUT2D eigenvalue weighted by molar-refractivity contribution is 5.74. The molecule has 0 aliphatic carbocycles. The van der Waals surface area contributed by atoms with Crippen molar-refractivity contribution in [3.05, 3.63) is 58.5 Å². The monoisotopic (exact) mass is 445 g/mol. The molecule has 2 aliphatic rings. The van der Waals surface area contributed by atoms with Gasteiger partial charge < -0.3 is 19.9 Å². The highest BCUT2D eigenvalue weighted by atomic mass is 16.3. The molecule has 0 radical (unpaired) electrons. The molecule has 7 heteroatoms. The molecule has 5 rings (SSSR count). The first-order chi connectivity index (χ1) is 15.9. The van der Waals surface area contributed by atoms with E-state index in [9.17, 15) is 9.90 Å². The molecule has 7 nitrogen and oxygen atoms in total. The Labute approximate surface area is 194 Å². The molecule has 2 aliphatic heterocycles. The lowest BCUT2D eigenvalue weighted by molar-refractivity contribution is 0.219. The molecular weight excluding hydrogens is 414 g/mol. The Morgan fingerprint density at radius 1 is 1.03 bits per heavy atom. The number of anilines is 1. The van der Waals surface area contributed by atoms with Crippen molar-refractivity contribution in [2.75, 3.05) is 11.9 Å². The Bertz CT molecular complexity index is 1210. The fourth-order valence-corrected chi connectivity index (χ4v) is 5.26. The number of piperidine rings is 2. The van der Waals surface area contributed by atoms with Gasteiger partial charge in [0, 0.05) is 49.5 Å². The summed E-state index contributed by atoms with van der Waals surface area (Å²) in [6.07, 6.45) is 6.13. The SMILES string of the molecule is Cc1cc(-c2ccc(-c3ccc(N(C)C4C[C@@H]5CCC[C@@H](C4)N5)nn3)c(O)c2)cc(=O)n1C. The van der Waals surface area contributed by atoms with E-state index in [0.29, 0.717) is 29.4 Å². The zero-order valence-corrected chi connectivity index (χ0v) is 19.5. The fourth-order valence-electron chi connectivity index (χ4n) is 5.26. The number of rotatable bonds is 4. The highest BCUT2D eigenvalue weighted by Gasteiger charge is 2.33. The van der Waals surface area contributed by atoms with Crippen LogP contribution in [0.1, 0.15) is 37.8 Å². The highest BCUT2D eigenvalue weighted by Crippen LogP contribution is 2.33. The minimum Gasteiger partial charge on any atom is -0.507 e. The number of aromatic nitrogens is 3. The van der Waals surface area contributed by atoms with Crippen LogP contribution in [-0.4, -0.2) is 45.0 Å². The van der Waals surface area contributed by atoms with Gasteiger partial charge in [-0.05, 0) is 74.1 Å². The number of hydrogen-bond donors (Lipinski definition) is 2. The molecule has 2 fully saturated rings. The predicted molar refractivity (Wildman–Crippen MR) is 131 cm³/mol. The average Bonchev–Trinajstić information content (AvgIpc) is 2.81. The van der Waals surface area contributed by atoms with E-state index in [4.69, 9.17) is 0 Å². The van der Waals surface area contributed by atoms with E-state index in [2.05, 4.69) is 27.5 Å². The fraction of sp³-hybridized carbons (Fsp3) is 0.423. The summed E-state index contributed by atoms with van der Waals surface area (Å²) >= 11 is 0. The van der Waals surface area contributed by atoms with Gasteiger partial charge in [-0.25, -0.2) is 0 Å². The third-order valence-electron chi connectivity index (χ3n) is 7.36. The van der Waals surface area contributed by atoms with Crippen molar-refractivity contribution in [2.45, 2.75) is 57.2 Å². The van der Waals surface area contributed by atoms with Crippen molar-refractivity contribution in [1.29, 1.82) is 0 Å². The van der Waals surface area contributed by atoms with Crippen molar-refractivity contribution in [2.24, 2.45) is 7.05 Å². The molecule has 0 saturated carbocycles. The normalized spacial score (nSPS) is 22.2. The van der Waals surface area contributed by atoms with Crippen LogP contribution in [0.15, 0.2) is 47.3 Å². The molecule has 172 valence electrons. The number of pyridine rings is 1. The van der Waals surface area contributed by atoms with Crippen LogP contribution in [0.4, 0.5) is 5.82 Å². The zero-order chi connectivity index (χ0) is 23.1. The van der Waals surface area contributed by atoms with Gasteiger partial charge >= 0.3 is 0 Å². The third kappa shape index (κ3) is 4.25. The molecule has 2 saturated heterocycles. The van der Waals surface area contributed by atoms with Crippen LogP contribution in [0.2, 0.25) is 0 Å². The second-order valence-electron chi connectivity index (χ2n) is 9.52. The van der Waals surface area contributed by atoms with Gasteiger partial charge in [0.05, 0.1) is 5.69 Å². The number of nitrogens with zero attached hydrogens (tertiary/aromatic N) is 4. The maximum Gasteiger partial charge on any atom is 0.251 e. The predicted octanol–water partition coefficient (Wildman–Crippen LogP) is 3.63.